The van der Waals surface area contributed by atoms with Gasteiger partial charge in [-0.25, -0.2) is 4.79 Å². The van der Waals surface area contributed by atoms with E-state index in [-0.39, 0.29) is 11.9 Å². The molecule has 6 heteroatoms. The smallest absolute Gasteiger partial charge is 0.412 e. The second-order valence-electron chi connectivity index (χ2n) is 8.19. The van der Waals surface area contributed by atoms with Gasteiger partial charge >= 0.3 is 6.09 Å². The molecule has 1 aromatic heterocycles. The first-order valence-corrected chi connectivity index (χ1v) is 10.1. The van der Waals surface area contributed by atoms with E-state index in [0.29, 0.717) is 11.3 Å². The summed E-state index contributed by atoms with van der Waals surface area (Å²) >= 11 is 0. The maximum atomic E-state index is 13.2. The van der Waals surface area contributed by atoms with Gasteiger partial charge in [-0.2, -0.15) is 0 Å². The van der Waals surface area contributed by atoms with Gasteiger partial charge in [0.1, 0.15) is 5.60 Å². The summed E-state index contributed by atoms with van der Waals surface area (Å²) in [6, 6.07) is 21.9. The van der Waals surface area contributed by atoms with Crippen molar-refractivity contribution >= 4 is 17.7 Å². The molecule has 6 nitrogen and oxygen atoms in total. The molecule has 0 fully saturated rings. The average Bonchev–Trinajstić information content (AvgIpc) is 2.74. The van der Waals surface area contributed by atoms with Crippen LogP contribution in [0.4, 0.5) is 10.5 Å². The lowest BCUT2D eigenvalue weighted by Gasteiger charge is -2.28. The van der Waals surface area contributed by atoms with Crippen molar-refractivity contribution in [3.05, 3.63) is 95.8 Å². The van der Waals surface area contributed by atoms with Crippen LogP contribution in [0.2, 0.25) is 0 Å². The van der Waals surface area contributed by atoms with Gasteiger partial charge in [-0.3, -0.25) is 15.1 Å². The fourth-order valence-corrected chi connectivity index (χ4v) is 3.20. The standard InChI is InChI=1S/C25H27N3O3/c1-25(2,3)31-24(30)27-20-15-13-19(14-16-20)23(29)28(4)22(18-10-6-5-7-11-18)21-12-8-9-17-26-21/h5-17,22H,1-4H3,(H,27,30). The molecular weight excluding hydrogens is 390 g/mol. The highest BCUT2D eigenvalue weighted by Gasteiger charge is 2.25. The Morgan fingerprint density at radius 1 is 0.935 bits per heavy atom. The summed E-state index contributed by atoms with van der Waals surface area (Å²) in [6.45, 7) is 5.40. The molecule has 160 valence electrons. The van der Waals surface area contributed by atoms with Crippen LogP contribution in [0.15, 0.2) is 79.0 Å². The molecule has 1 N–H and O–H groups in total. The van der Waals surface area contributed by atoms with E-state index in [1.165, 1.54) is 0 Å². The Morgan fingerprint density at radius 2 is 1.58 bits per heavy atom. The Morgan fingerprint density at radius 3 is 2.16 bits per heavy atom. The predicted molar refractivity (Wildman–Crippen MR) is 121 cm³/mol. The number of pyridine rings is 1. The predicted octanol–water partition coefficient (Wildman–Crippen LogP) is 5.29. The van der Waals surface area contributed by atoms with Gasteiger partial charge in [-0.1, -0.05) is 36.4 Å². The lowest BCUT2D eigenvalue weighted by molar-refractivity contribution is 0.0635. The molecule has 1 heterocycles. The average molecular weight is 418 g/mol. The second-order valence-corrected chi connectivity index (χ2v) is 8.19. The van der Waals surface area contributed by atoms with Crippen LogP contribution in [0.5, 0.6) is 0 Å². The van der Waals surface area contributed by atoms with Crippen molar-refractivity contribution in [2.45, 2.75) is 32.4 Å². The number of nitrogens with one attached hydrogen (secondary N) is 1. The van der Waals surface area contributed by atoms with E-state index in [0.717, 1.165) is 11.3 Å². The zero-order valence-corrected chi connectivity index (χ0v) is 18.2. The Kier molecular flexibility index (Phi) is 6.70. The topological polar surface area (TPSA) is 71.5 Å². The number of carbonyl (C=O) groups excluding carboxylic acids is 2. The molecule has 0 saturated carbocycles. The van der Waals surface area contributed by atoms with Crippen molar-refractivity contribution < 1.29 is 14.3 Å². The third-order valence-corrected chi connectivity index (χ3v) is 4.57. The van der Waals surface area contributed by atoms with Crippen LogP contribution in [0.3, 0.4) is 0 Å². The molecule has 0 saturated heterocycles. The number of nitrogens with zero attached hydrogens (tertiary/aromatic N) is 2. The highest BCUT2D eigenvalue weighted by Crippen LogP contribution is 2.27. The SMILES string of the molecule is CN(C(=O)c1ccc(NC(=O)OC(C)(C)C)cc1)C(c1ccccc1)c1ccccn1. The number of rotatable bonds is 5. The molecule has 2 aromatic carbocycles. The van der Waals surface area contributed by atoms with Crippen LogP contribution in [0.25, 0.3) is 0 Å². The van der Waals surface area contributed by atoms with Crippen LogP contribution in [-0.2, 0) is 4.74 Å². The molecule has 0 radical (unpaired) electrons. The van der Waals surface area contributed by atoms with Gasteiger partial charge in [-0.05, 0) is 62.7 Å². The third kappa shape index (κ3) is 5.92. The molecule has 3 rings (SSSR count). The molecule has 31 heavy (non-hydrogen) atoms. The van der Waals surface area contributed by atoms with Crippen LogP contribution in [0, 0.1) is 0 Å². The minimum atomic E-state index is -0.583. The van der Waals surface area contributed by atoms with E-state index in [1.54, 1.807) is 63.2 Å². The van der Waals surface area contributed by atoms with Gasteiger partial charge in [0.2, 0.25) is 0 Å². The Balaban J connectivity index is 1.79. The van der Waals surface area contributed by atoms with Gasteiger partial charge in [-0.15, -0.1) is 0 Å². The molecule has 0 aliphatic heterocycles. The Labute approximate surface area is 182 Å². The summed E-state index contributed by atoms with van der Waals surface area (Å²) in [6.07, 6.45) is 1.18. The van der Waals surface area contributed by atoms with Crippen LogP contribution in [0.1, 0.15) is 48.4 Å². The molecule has 0 aliphatic rings. The fraction of sp³-hybridized carbons (Fsp3) is 0.240. The summed E-state index contributed by atoms with van der Waals surface area (Å²) in [5.74, 6) is -0.150. The quantitative estimate of drug-likeness (QED) is 0.612. The molecule has 0 aliphatic carbocycles. The lowest BCUT2D eigenvalue weighted by Crippen LogP contribution is -2.32. The Bertz CT molecular complexity index is 974. The van der Waals surface area contributed by atoms with Crippen LogP contribution < -0.4 is 5.32 Å². The molecule has 2 amide bonds. The summed E-state index contributed by atoms with van der Waals surface area (Å²) < 4.78 is 5.25. The first-order chi connectivity index (χ1) is 14.7. The molecule has 1 unspecified atom stereocenters. The first-order valence-electron chi connectivity index (χ1n) is 10.1. The number of benzene rings is 2. The van der Waals surface area contributed by atoms with Crippen molar-refractivity contribution in [2.75, 3.05) is 12.4 Å². The maximum absolute atomic E-state index is 13.2. The van der Waals surface area contributed by atoms with Gasteiger partial charge in [0, 0.05) is 24.5 Å². The second kappa shape index (κ2) is 9.43. The molecular formula is C25H27N3O3. The molecule has 1 atom stereocenters. The molecule has 0 bridgehead atoms. The van der Waals surface area contributed by atoms with Crippen LogP contribution in [-0.4, -0.2) is 34.5 Å². The summed E-state index contributed by atoms with van der Waals surface area (Å²) in [5, 5.41) is 2.67. The van der Waals surface area contributed by atoms with Gasteiger partial charge in [0.05, 0.1) is 11.7 Å². The van der Waals surface area contributed by atoms with E-state index in [4.69, 9.17) is 4.74 Å². The van der Waals surface area contributed by atoms with E-state index >= 15 is 0 Å². The van der Waals surface area contributed by atoms with E-state index in [2.05, 4.69) is 10.3 Å². The van der Waals surface area contributed by atoms with Crippen molar-refractivity contribution in [1.29, 1.82) is 0 Å². The zero-order valence-electron chi connectivity index (χ0n) is 18.2. The van der Waals surface area contributed by atoms with Crippen molar-refractivity contribution in [3.63, 3.8) is 0 Å². The van der Waals surface area contributed by atoms with Gasteiger partial charge in [0.25, 0.3) is 5.91 Å². The minimum Gasteiger partial charge on any atom is -0.444 e. The number of hydrogen-bond donors (Lipinski definition) is 1. The number of amides is 2. The van der Waals surface area contributed by atoms with Crippen LogP contribution >= 0.6 is 0 Å². The lowest BCUT2D eigenvalue weighted by atomic mass is 10.0. The largest absolute Gasteiger partial charge is 0.444 e. The van der Waals surface area contributed by atoms with E-state index in [1.807, 2.05) is 48.5 Å². The van der Waals surface area contributed by atoms with E-state index in [9.17, 15) is 9.59 Å². The molecule has 0 spiro atoms. The summed E-state index contributed by atoms with van der Waals surface area (Å²) in [4.78, 5) is 31.3. The number of hydrogen-bond acceptors (Lipinski definition) is 4. The van der Waals surface area contributed by atoms with Crippen molar-refractivity contribution in [2.24, 2.45) is 0 Å². The third-order valence-electron chi connectivity index (χ3n) is 4.57. The highest BCUT2D eigenvalue weighted by atomic mass is 16.6. The van der Waals surface area contributed by atoms with Gasteiger partial charge < -0.3 is 9.64 Å². The number of ether oxygens (including phenoxy) is 1. The monoisotopic (exact) mass is 417 g/mol. The summed E-state index contributed by atoms with van der Waals surface area (Å²) in [5.41, 5.74) is 2.24. The number of carbonyl (C=O) groups is 2. The first kappa shape index (κ1) is 22.0. The minimum absolute atomic E-state index is 0.150. The zero-order chi connectivity index (χ0) is 22.4. The normalized spacial score (nSPS) is 12.0. The van der Waals surface area contributed by atoms with Gasteiger partial charge in [0.15, 0.2) is 0 Å². The van der Waals surface area contributed by atoms with E-state index < -0.39 is 11.7 Å². The van der Waals surface area contributed by atoms with Crippen molar-refractivity contribution in [3.8, 4) is 0 Å². The fourth-order valence-electron chi connectivity index (χ4n) is 3.20. The molecule has 3 aromatic rings. The highest BCUT2D eigenvalue weighted by molar-refractivity contribution is 5.95. The summed E-state index contributed by atoms with van der Waals surface area (Å²) in [7, 11) is 1.77. The maximum Gasteiger partial charge on any atom is 0.412 e. The number of anilines is 1. The van der Waals surface area contributed by atoms with Crippen molar-refractivity contribution in [1.82, 2.24) is 9.88 Å². The number of aromatic nitrogens is 1. The Hall–Kier alpha value is -3.67.